The summed E-state index contributed by atoms with van der Waals surface area (Å²) in [6.07, 6.45) is 5.28. The number of aliphatic imine (C=N–C) groups is 1. The molecule has 0 spiro atoms. The molecule has 7 heteroatoms. The number of guanidine groups is 1. The van der Waals surface area contributed by atoms with Crippen LogP contribution >= 0.6 is 11.3 Å². The van der Waals surface area contributed by atoms with Crippen molar-refractivity contribution in [1.82, 2.24) is 20.5 Å². The van der Waals surface area contributed by atoms with Crippen molar-refractivity contribution in [2.75, 3.05) is 46.4 Å². The number of ether oxygens (including phenoxy) is 1. The number of thiazole rings is 1. The highest BCUT2D eigenvalue weighted by Crippen LogP contribution is 2.19. The van der Waals surface area contributed by atoms with E-state index in [1.165, 1.54) is 22.7 Å². The second kappa shape index (κ2) is 11.5. The van der Waals surface area contributed by atoms with Crippen LogP contribution in [0.1, 0.15) is 36.6 Å². The first-order valence-electron chi connectivity index (χ1n) is 9.85. The average Bonchev–Trinajstić information content (AvgIpc) is 3.09. The molecule has 0 amide bonds. The van der Waals surface area contributed by atoms with E-state index in [4.69, 9.17) is 4.74 Å². The van der Waals surface area contributed by atoms with E-state index in [-0.39, 0.29) is 0 Å². The highest BCUT2D eigenvalue weighted by Gasteiger charge is 2.26. The van der Waals surface area contributed by atoms with Crippen molar-refractivity contribution in [3.8, 4) is 0 Å². The summed E-state index contributed by atoms with van der Waals surface area (Å²) in [7, 11) is 1.84. The van der Waals surface area contributed by atoms with Crippen molar-refractivity contribution < 1.29 is 4.74 Å². The van der Waals surface area contributed by atoms with E-state index in [1.54, 1.807) is 11.3 Å². The Morgan fingerprint density at radius 1 is 1.31 bits per heavy atom. The third-order valence-corrected chi connectivity index (χ3v) is 6.08. The minimum atomic E-state index is 0.522. The van der Waals surface area contributed by atoms with Crippen molar-refractivity contribution in [2.45, 2.75) is 46.1 Å². The Hall–Kier alpha value is -1.18. The van der Waals surface area contributed by atoms with Gasteiger partial charge in [-0.3, -0.25) is 9.89 Å². The van der Waals surface area contributed by atoms with Gasteiger partial charge in [0.05, 0.1) is 18.2 Å². The number of hydrogen-bond donors (Lipinski definition) is 2. The minimum Gasteiger partial charge on any atom is -0.379 e. The first-order chi connectivity index (χ1) is 12.7. The van der Waals surface area contributed by atoms with E-state index in [0.717, 1.165) is 51.8 Å². The molecule has 0 radical (unpaired) electrons. The molecule has 1 atom stereocenters. The fourth-order valence-electron chi connectivity index (χ4n) is 3.56. The van der Waals surface area contributed by atoms with Gasteiger partial charge in [-0.25, -0.2) is 4.98 Å². The van der Waals surface area contributed by atoms with Crippen LogP contribution in [0.4, 0.5) is 0 Å². The highest BCUT2D eigenvalue weighted by atomic mass is 32.1. The third kappa shape index (κ3) is 6.52. The third-order valence-electron chi connectivity index (χ3n) is 5.11. The van der Waals surface area contributed by atoms with Gasteiger partial charge < -0.3 is 15.4 Å². The molecule has 0 aliphatic carbocycles. The highest BCUT2D eigenvalue weighted by molar-refractivity contribution is 7.11. The zero-order valence-electron chi connectivity index (χ0n) is 16.8. The van der Waals surface area contributed by atoms with Gasteiger partial charge in [0.15, 0.2) is 5.96 Å². The topological polar surface area (TPSA) is 61.8 Å². The van der Waals surface area contributed by atoms with Gasteiger partial charge in [0, 0.05) is 56.8 Å². The van der Waals surface area contributed by atoms with E-state index in [9.17, 15) is 0 Å². The van der Waals surface area contributed by atoms with Gasteiger partial charge in [0.2, 0.25) is 0 Å². The predicted octanol–water partition coefficient (Wildman–Crippen LogP) is 2.30. The van der Waals surface area contributed by atoms with Crippen molar-refractivity contribution in [1.29, 1.82) is 0 Å². The Bertz CT molecular complexity index is 538. The molecule has 1 aliphatic rings. The summed E-state index contributed by atoms with van der Waals surface area (Å²) in [6.45, 7) is 12.2. The van der Waals surface area contributed by atoms with Crippen LogP contribution in [0, 0.1) is 12.8 Å². The molecule has 0 aromatic carbocycles. The van der Waals surface area contributed by atoms with E-state index in [2.05, 4.69) is 46.3 Å². The zero-order chi connectivity index (χ0) is 18.8. The van der Waals surface area contributed by atoms with Gasteiger partial charge in [-0.1, -0.05) is 26.7 Å². The summed E-state index contributed by atoms with van der Waals surface area (Å²) < 4.78 is 5.54. The quantitative estimate of drug-likeness (QED) is 0.508. The van der Waals surface area contributed by atoms with Crippen LogP contribution in [0.15, 0.2) is 11.2 Å². The molecule has 1 aromatic rings. The van der Waals surface area contributed by atoms with Crippen LogP contribution < -0.4 is 10.6 Å². The van der Waals surface area contributed by atoms with Gasteiger partial charge >= 0.3 is 0 Å². The SMILES string of the molecule is CCC(CC)C(CNC(=NC)NCCc1ncc(C)s1)N1CCOCC1. The summed E-state index contributed by atoms with van der Waals surface area (Å²) in [5.74, 6) is 1.57. The van der Waals surface area contributed by atoms with Crippen LogP contribution in [0.5, 0.6) is 0 Å². The lowest BCUT2D eigenvalue weighted by Crippen LogP contribution is -2.53. The molecule has 2 heterocycles. The van der Waals surface area contributed by atoms with Gasteiger partial charge in [0.1, 0.15) is 0 Å². The molecule has 148 valence electrons. The number of rotatable bonds is 9. The van der Waals surface area contributed by atoms with Gasteiger partial charge in [-0.05, 0) is 12.8 Å². The van der Waals surface area contributed by atoms with Crippen LogP contribution in [-0.2, 0) is 11.2 Å². The molecule has 1 unspecified atom stereocenters. The lowest BCUT2D eigenvalue weighted by atomic mass is 9.92. The maximum absolute atomic E-state index is 5.54. The molecule has 2 rings (SSSR count). The fraction of sp³-hybridized carbons (Fsp3) is 0.789. The largest absolute Gasteiger partial charge is 0.379 e. The maximum atomic E-state index is 5.54. The Kier molecular flexibility index (Phi) is 9.36. The summed E-state index contributed by atoms with van der Waals surface area (Å²) in [5.41, 5.74) is 0. The Labute approximate surface area is 162 Å². The van der Waals surface area contributed by atoms with Crippen LogP contribution in [0.2, 0.25) is 0 Å². The number of hydrogen-bond acceptors (Lipinski definition) is 5. The number of morpholine rings is 1. The van der Waals surface area contributed by atoms with Crippen molar-refractivity contribution in [3.63, 3.8) is 0 Å². The van der Waals surface area contributed by atoms with Gasteiger partial charge in [-0.15, -0.1) is 11.3 Å². The van der Waals surface area contributed by atoms with E-state index in [1.807, 2.05) is 13.2 Å². The standard InChI is InChI=1S/C19H35N5OS/c1-5-16(6-2)17(24-9-11-25-12-10-24)14-23-19(20-4)21-8-7-18-22-13-15(3)26-18/h13,16-17H,5-12,14H2,1-4H3,(H2,20,21,23). The predicted molar refractivity (Wildman–Crippen MR) is 110 cm³/mol. The molecule has 1 fully saturated rings. The number of nitrogens with zero attached hydrogens (tertiary/aromatic N) is 3. The van der Waals surface area contributed by atoms with Gasteiger partial charge in [-0.2, -0.15) is 0 Å². The first kappa shape index (κ1) is 21.1. The molecule has 26 heavy (non-hydrogen) atoms. The normalized spacial score (nSPS) is 17.5. The van der Waals surface area contributed by atoms with Crippen molar-refractivity contribution in [2.24, 2.45) is 10.9 Å². The lowest BCUT2D eigenvalue weighted by molar-refractivity contribution is 0.00272. The Morgan fingerprint density at radius 3 is 2.62 bits per heavy atom. The lowest BCUT2D eigenvalue weighted by Gasteiger charge is -2.39. The van der Waals surface area contributed by atoms with Crippen LogP contribution in [0.3, 0.4) is 0 Å². The van der Waals surface area contributed by atoms with E-state index in [0.29, 0.717) is 12.0 Å². The molecule has 6 nitrogen and oxygen atoms in total. The van der Waals surface area contributed by atoms with E-state index >= 15 is 0 Å². The van der Waals surface area contributed by atoms with Crippen LogP contribution in [0.25, 0.3) is 0 Å². The summed E-state index contributed by atoms with van der Waals surface area (Å²) in [4.78, 5) is 12.7. The first-order valence-corrected chi connectivity index (χ1v) is 10.7. The second-order valence-electron chi connectivity index (χ2n) is 6.79. The maximum Gasteiger partial charge on any atom is 0.191 e. The Balaban J connectivity index is 1.83. The van der Waals surface area contributed by atoms with Crippen LogP contribution in [-0.4, -0.2) is 68.3 Å². The van der Waals surface area contributed by atoms with Gasteiger partial charge in [0.25, 0.3) is 0 Å². The van der Waals surface area contributed by atoms with E-state index < -0.39 is 0 Å². The summed E-state index contributed by atoms with van der Waals surface area (Å²) >= 11 is 1.76. The number of nitrogens with one attached hydrogen (secondary N) is 2. The molecule has 1 aromatic heterocycles. The van der Waals surface area contributed by atoms with Crippen molar-refractivity contribution in [3.05, 3.63) is 16.1 Å². The smallest absolute Gasteiger partial charge is 0.191 e. The summed E-state index contributed by atoms with van der Waals surface area (Å²) in [5, 5.41) is 8.14. The number of aromatic nitrogens is 1. The second-order valence-corrected chi connectivity index (χ2v) is 8.11. The zero-order valence-corrected chi connectivity index (χ0v) is 17.6. The molecule has 1 saturated heterocycles. The molecule has 0 saturated carbocycles. The minimum absolute atomic E-state index is 0.522. The molecular formula is C19H35N5OS. The molecular weight excluding hydrogens is 346 g/mol. The summed E-state index contributed by atoms with van der Waals surface area (Å²) in [6, 6.07) is 0.522. The monoisotopic (exact) mass is 381 g/mol. The fourth-order valence-corrected chi connectivity index (χ4v) is 4.35. The molecule has 1 aliphatic heterocycles. The molecule has 2 N–H and O–H groups in total. The average molecular weight is 382 g/mol. The van der Waals surface area contributed by atoms with Crippen molar-refractivity contribution >= 4 is 17.3 Å². The number of aryl methyl sites for hydroxylation is 1. The molecule has 0 bridgehead atoms. The Morgan fingerprint density at radius 2 is 2.04 bits per heavy atom.